The molecule has 0 aliphatic heterocycles. The smallest absolute Gasteiger partial charge is 0.0701 e. The van der Waals surface area contributed by atoms with E-state index in [9.17, 15) is 0 Å². The molecule has 0 aromatic rings. The Bertz CT molecular complexity index is 170. The summed E-state index contributed by atoms with van der Waals surface area (Å²) in [5.74, 6) is 0. The summed E-state index contributed by atoms with van der Waals surface area (Å²) in [6.07, 6.45) is 6.38. The highest BCUT2D eigenvalue weighted by Gasteiger charge is 1.93. The van der Waals surface area contributed by atoms with Gasteiger partial charge >= 0.3 is 0 Å². The van der Waals surface area contributed by atoms with Gasteiger partial charge in [0.1, 0.15) is 0 Å². The minimum atomic E-state index is 0.601. The largest absolute Gasteiger partial charge is 0.379 e. The third-order valence-electron chi connectivity index (χ3n) is 3.08. The van der Waals surface area contributed by atoms with Crippen molar-refractivity contribution in [1.82, 2.24) is 0 Å². The van der Waals surface area contributed by atoms with E-state index in [1.54, 1.807) is 0 Å². The van der Waals surface area contributed by atoms with Gasteiger partial charge in [0.05, 0.1) is 52.9 Å². The number of hydrogen-bond acceptors (Lipinski definition) is 5. The Morgan fingerprint density at radius 2 is 0.818 bits per heavy atom. The lowest BCUT2D eigenvalue weighted by Gasteiger charge is -2.07. The van der Waals surface area contributed by atoms with Crippen molar-refractivity contribution in [2.75, 3.05) is 66.1 Å². The van der Waals surface area contributed by atoms with Gasteiger partial charge in [0.2, 0.25) is 0 Å². The third-order valence-corrected chi connectivity index (χ3v) is 3.08. The fourth-order valence-electron chi connectivity index (χ4n) is 1.83. The summed E-state index contributed by atoms with van der Waals surface area (Å²) in [7, 11) is 0. The second kappa shape index (κ2) is 20.8. The van der Waals surface area contributed by atoms with Gasteiger partial charge in [-0.1, -0.05) is 32.6 Å². The molecule has 0 saturated carbocycles. The highest BCUT2D eigenvalue weighted by atomic mass is 16.6. The van der Waals surface area contributed by atoms with E-state index < -0.39 is 0 Å². The molecular weight excluding hydrogens is 284 g/mol. The first-order valence-electron chi connectivity index (χ1n) is 8.80. The van der Waals surface area contributed by atoms with E-state index in [2.05, 4.69) is 6.92 Å². The molecule has 0 N–H and O–H groups in total. The highest BCUT2D eigenvalue weighted by Crippen LogP contribution is 2.02. The molecule has 0 unspecified atom stereocenters. The number of ether oxygens (including phenoxy) is 5. The second-order valence-corrected chi connectivity index (χ2v) is 5.06. The molecule has 0 aliphatic carbocycles. The zero-order valence-electron chi connectivity index (χ0n) is 14.6. The normalized spacial score (nSPS) is 11.2. The monoisotopic (exact) mass is 320 g/mol. The molecule has 5 nitrogen and oxygen atoms in total. The molecule has 0 amide bonds. The minimum Gasteiger partial charge on any atom is -0.379 e. The Balaban J connectivity index is 2.91. The lowest BCUT2D eigenvalue weighted by Crippen LogP contribution is -2.13. The van der Waals surface area contributed by atoms with Crippen LogP contribution in [-0.2, 0) is 23.7 Å². The van der Waals surface area contributed by atoms with Crippen LogP contribution in [0.4, 0.5) is 0 Å². The van der Waals surface area contributed by atoms with Crippen molar-refractivity contribution in [3.8, 4) is 0 Å². The first-order chi connectivity index (χ1) is 10.9. The zero-order valence-corrected chi connectivity index (χ0v) is 14.6. The van der Waals surface area contributed by atoms with Crippen LogP contribution in [0.3, 0.4) is 0 Å². The molecule has 0 atom stereocenters. The predicted molar refractivity (Wildman–Crippen MR) is 88.5 cm³/mol. The van der Waals surface area contributed by atoms with Crippen LogP contribution >= 0.6 is 0 Å². The van der Waals surface area contributed by atoms with Crippen molar-refractivity contribution >= 4 is 0 Å². The molecule has 0 saturated heterocycles. The minimum absolute atomic E-state index is 0.601. The van der Waals surface area contributed by atoms with Gasteiger partial charge in [-0.25, -0.2) is 0 Å². The SMILES string of the molecule is CCCCCCCOCCOCCOCCOCCOCC. The Hall–Kier alpha value is -0.200. The van der Waals surface area contributed by atoms with Crippen LogP contribution in [0, 0.1) is 0 Å². The molecule has 0 aliphatic rings. The fraction of sp³-hybridized carbons (Fsp3) is 1.00. The second-order valence-electron chi connectivity index (χ2n) is 5.06. The molecule has 0 aromatic carbocycles. The van der Waals surface area contributed by atoms with Gasteiger partial charge < -0.3 is 23.7 Å². The number of unbranched alkanes of at least 4 members (excludes halogenated alkanes) is 4. The number of rotatable bonds is 19. The maximum absolute atomic E-state index is 5.51. The summed E-state index contributed by atoms with van der Waals surface area (Å²) in [4.78, 5) is 0. The molecule has 134 valence electrons. The summed E-state index contributed by atoms with van der Waals surface area (Å²) >= 11 is 0. The van der Waals surface area contributed by atoms with Gasteiger partial charge in [-0.3, -0.25) is 0 Å². The molecule has 5 heteroatoms. The van der Waals surface area contributed by atoms with E-state index >= 15 is 0 Å². The van der Waals surface area contributed by atoms with Crippen LogP contribution in [0.25, 0.3) is 0 Å². The Morgan fingerprint density at radius 1 is 0.409 bits per heavy atom. The summed E-state index contributed by atoms with van der Waals surface area (Å²) in [6.45, 7) is 10.8. The average Bonchev–Trinajstić information content (AvgIpc) is 2.54. The van der Waals surface area contributed by atoms with Crippen molar-refractivity contribution in [3.63, 3.8) is 0 Å². The quantitative estimate of drug-likeness (QED) is 0.342. The summed E-state index contributed by atoms with van der Waals surface area (Å²) < 4.78 is 26.8. The van der Waals surface area contributed by atoms with Crippen LogP contribution in [-0.4, -0.2) is 66.1 Å². The van der Waals surface area contributed by atoms with Crippen molar-refractivity contribution < 1.29 is 23.7 Å². The third kappa shape index (κ3) is 19.8. The molecule has 0 rings (SSSR count). The molecular formula is C17H36O5. The molecule has 22 heavy (non-hydrogen) atoms. The molecule has 0 spiro atoms. The summed E-state index contributed by atoms with van der Waals surface area (Å²) in [5, 5.41) is 0. The summed E-state index contributed by atoms with van der Waals surface area (Å²) in [6, 6.07) is 0. The zero-order chi connectivity index (χ0) is 16.1. The van der Waals surface area contributed by atoms with E-state index in [4.69, 9.17) is 23.7 Å². The van der Waals surface area contributed by atoms with E-state index in [0.29, 0.717) is 52.9 Å². The average molecular weight is 320 g/mol. The van der Waals surface area contributed by atoms with Gasteiger partial charge in [-0.2, -0.15) is 0 Å². The molecule has 0 fully saturated rings. The van der Waals surface area contributed by atoms with Crippen LogP contribution in [0.1, 0.15) is 46.0 Å². The van der Waals surface area contributed by atoms with Crippen LogP contribution in [0.15, 0.2) is 0 Å². The van der Waals surface area contributed by atoms with Crippen molar-refractivity contribution in [2.24, 2.45) is 0 Å². The van der Waals surface area contributed by atoms with Gasteiger partial charge in [0, 0.05) is 13.2 Å². The maximum Gasteiger partial charge on any atom is 0.0701 e. The first kappa shape index (κ1) is 21.8. The van der Waals surface area contributed by atoms with Crippen molar-refractivity contribution in [2.45, 2.75) is 46.0 Å². The lowest BCUT2D eigenvalue weighted by molar-refractivity contribution is -0.0104. The molecule has 0 bridgehead atoms. The van der Waals surface area contributed by atoms with Gasteiger partial charge in [0.25, 0.3) is 0 Å². The highest BCUT2D eigenvalue weighted by molar-refractivity contribution is 4.42. The standard InChI is InChI=1S/C17H36O5/c1-3-5-6-7-8-9-19-12-13-21-16-17-22-15-14-20-11-10-18-4-2/h3-17H2,1-2H3. The van der Waals surface area contributed by atoms with Crippen LogP contribution in [0.2, 0.25) is 0 Å². The predicted octanol–water partition coefficient (Wildman–Crippen LogP) is 3.06. The molecule has 0 radical (unpaired) electrons. The first-order valence-corrected chi connectivity index (χ1v) is 8.80. The fourth-order valence-corrected chi connectivity index (χ4v) is 1.83. The van der Waals surface area contributed by atoms with Crippen LogP contribution < -0.4 is 0 Å². The Labute approximate surface area is 136 Å². The van der Waals surface area contributed by atoms with E-state index in [1.807, 2.05) is 6.92 Å². The molecule has 0 aromatic heterocycles. The molecule has 0 heterocycles. The van der Waals surface area contributed by atoms with Gasteiger partial charge in [-0.15, -0.1) is 0 Å². The van der Waals surface area contributed by atoms with Crippen molar-refractivity contribution in [3.05, 3.63) is 0 Å². The maximum atomic E-state index is 5.51. The Kier molecular flexibility index (Phi) is 20.6. The van der Waals surface area contributed by atoms with E-state index in [-0.39, 0.29) is 0 Å². The van der Waals surface area contributed by atoms with E-state index in [0.717, 1.165) is 19.6 Å². The number of hydrogen-bond donors (Lipinski definition) is 0. The van der Waals surface area contributed by atoms with E-state index in [1.165, 1.54) is 25.7 Å². The topological polar surface area (TPSA) is 46.2 Å². The summed E-state index contributed by atoms with van der Waals surface area (Å²) in [5.41, 5.74) is 0. The van der Waals surface area contributed by atoms with Crippen LogP contribution in [0.5, 0.6) is 0 Å². The Morgan fingerprint density at radius 3 is 1.27 bits per heavy atom. The van der Waals surface area contributed by atoms with Gasteiger partial charge in [-0.05, 0) is 13.3 Å². The lowest BCUT2D eigenvalue weighted by atomic mass is 10.2. The van der Waals surface area contributed by atoms with Gasteiger partial charge in [0.15, 0.2) is 0 Å². The van der Waals surface area contributed by atoms with Crippen molar-refractivity contribution in [1.29, 1.82) is 0 Å².